The van der Waals surface area contributed by atoms with Crippen LogP contribution in [0.4, 0.5) is 5.69 Å². The van der Waals surface area contributed by atoms with E-state index < -0.39 is 0 Å². The molecular formula is C21H29NO. The van der Waals surface area contributed by atoms with Crippen LogP contribution >= 0.6 is 0 Å². The van der Waals surface area contributed by atoms with Crippen LogP contribution < -0.4 is 10.1 Å². The summed E-state index contributed by atoms with van der Waals surface area (Å²) in [6, 6.07) is 10.9. The minimum Gasteiger partial charge on any atom is -0.491 e. The topological polar surface area (TPSA) is 21.3 Å². The van der Waals surface area contributed by atoms with E-state index in [0.717, 1.165) is 12.3 Å². The van der Waals surface area contributed by atoms with Crippen LogP contribution in [0, 0.1) is 27.7 Å². The van der Waals surface area contributed by atoms with Crippen LogP contribution in [0.25, 0.3) is 0 Å². The Balaban J connectivity index is 1.98. The molecule has 124 valence electrons. The maximum Gasteiger partial charge on any atom is 0.123 e. The number of rotatable bonds is 6. The second-order valence-corrected chi connectivity index (χ2v) is 6.74. The van der Waals surface area contributed by atoms with Crippen molar-refractivity contribution < 1.29 is 4.74 Å². The molecule has 23 heavy (non-hydrogen) atoms. The van der Waals surface area contributed by atoms with Crippen LogP contribution in [-0.2, 0) is 0 Å². The molecule has 0 unspecified atom stereocenters. The summed E-state index contributed by atoms with van der Waals surface area (Å²) in [6.45, 7) is 14.4. The molecule has 0 aromatic heterocycles. The lowest BCUT2D eigenvalue weighted by molar-refractivity contribution is 0.328. The summed E-state index contributed by atoms with van der Waals surface area (Å²) in [7, 11) is 0. The van der Waals surface area contributed by atoms with Gasteiger partial charge in [-0.2, -0.15) is 0 Å². The van der Waals surface area contributed by atoms with Crippen LogP contribution in [0.2, 0.25) is 0 Å². The van der Waals surface area contributed by atoms with Crippen LogP contribution in [0.15, 0.2) is 30.3 Å². The van der Waals surface area contributed by atoms with Crippen LogP contribution in [0.1, 0.15) is 47.6 Å². The smallest absolute Gasteiger partial charge is 0.123 e. The van der Waals surface area contributed by atoms with Gasteiger partial charge in [0.2, 0.25) is 0 Å². The second-order valence-electron chi connectivity index (χ2n) is 6.74. The molecule has 1 N–H and O–H groups in total. The number of hydrogen-bond acceptors (Lipinski definition) is 2. The van der Waals surface area contributed by atoms with E-state index in [1.807, 2.05) is 0 Å². The monoisotopic (exact) mass is 311 g/mol. The zero-order valence-corrected chi connectivity index (χ0v) is 15.3. The van der Waals surface area contributed by atoms with Gasteiger partial charge in [-0.05, 0) is 61.9 Å². The van der Waals surface area contributed by atoms with Crippen molar-refractivity contribution in [3.8, 4) is 5.75 Å². The van der Waals surface area contributed by atoms with Crippen molar-refractivity contribution >= 4 is 5.69 Å². The normalized spacial score (nSPS) is 10.9. The third kappa shape index (κ3) is 4.51. The minimum absolute atomic E-state index is 0.472. The van der Waals surface area contributed by atoms with Crippen molar-refractivity contribution in [2.45, 2.75) is 47.5 Å². The molecular weight excluding hydrogens is 282 g/mol. The Morgan fingerprint density at radius 3 is 2.17 bits per heavy atom. The molecule has 0 fully saturated rings. The van der Waals surface area contributed by atoms with Gasteiger partial charge in [0, 0.05) is 12.2 Å². The molecule has 0 saturated heterocycles. The number of hydrogen-bond donors (Lipinski definition) is 1. The van der Waals surface area contributed by atoms with Crippen molar-refractivity contribution in [2.75, 3.05) is 18.5 Å². The third-order valence-corrected chi connectivity index (χ3v) is 4.13. The Hall–Kier alpha value is -1.96. The fraction of sp³-hybridized carbons (Fsp3) is 0.429. The summed E-state index contributed by atoms with van der Waals surface area (Å²) in [4.78, 5) is 0. The molecule has 2 heteroatoms. The van der Waals surface area contributed by atoms with E-state index in [1.54, 1.807) is 0 Å². The third-order valence-electron chi connectivity index (χ3n) is 4.13. The van der Waals surface area contributed by atoms with Gasteiger partial charge in [-0.1, -0.05) is 43.7 Å². The van der Waals surface area contributed by atoms with Gasteiger partial charge in [0.1, 0.15) is 12.4 Å². The Kier molecular flexibility index (Phi) is 5.70. The summed E-state index contributed by atoms with van der Waals surface area (Å²) in [5.41, 5.74) is 7.64. The molecule has 0 heterocycles. The highest BCUT2D eigenvalue weighted by atomic mass is 16.5. The van der Waals surface area contributed by atoms with Crippen LogP contribution in [0.3, 0.4) is 0 Å². The lowest BCUT2D eigenvalue weighted by Crippen LogP contribution is -2.14. The standard InChI is InChI=1S/C21H29NO/c1-14(2)19-8-7-15(3)13-20(19)23-10-9-22-21-17(5)11-16(4)12-18(21)6/h7-8,11-14,22H,9-10H2,1-6H3. The zero-order chi connectivity index (χ0) is 17.0. The fourth-order valence-electron chi connectivity index (χ4n) is 3.04. The first kappa shape index (κ1) is 17.4. The number of ether oxygens (including phenoxy) is 1. The highest BCUT2D eigenvalue weighted by Crippen LogP contribution is 2.27. The van der Waals surface area contributed by atoms with Gasteiger partial charge in [-0.15, -0.1) is 0 Å². The van der Waals surface area contributed by atoms with Crippen molar-refractivity contribution in [2.24, 2.45) is 0 Å². The molecule has 0 amide bonds. The molecule has 0 aliphatic carbocycles. The summed E-state index contributed by atoms with van der Waals surface area (Å²) in [6.07, 6.45) is 0. The van der Waals surface area contributed by atoms with E-state index in [2.05, 4.69) is 77.2 Å². The Morgan fingerprint density at radius 1 is 0.913 bits per heavy atom. The molecule has 2 aromatic rings. The first-order valence-corrected chi connectivity index (χ1v) is 8.43. The van der Waals surface area contributed by atoms with E-state index in [-0.39, 0.29) is 0 Å². The lowest BCUT2D eigenvalue weighted by Gasteiger charge is -2.17. The Morgan fingerprint density at radius 2 is 1.57 bits per heavy atom. The van der Waals surface area contributed by atoms with Gasteiger partial charge in [0.25, 0.3) is 0 Å². The van der Waals surface area contributed by atoms with Gasteiger partial charge in [-0.25, -0.2) is 0 Å². The van der Waals surface area contributed by atoms with Gasteiger partial charge in [0.15, 0.2) is 0 Å². The largest absolute Gasteiger partial charge is 0.491 e. The summed E-state index contributed by atoms with van der Waals surface area (Å²) >= 11 is 0. The van der Waals surface area contributed by atoms with Crippen molar-refractivity contribution in [1.82, 2.24) is 0 Å². The van der Waals surface area contributed by atoms with E-state index in [1.165, 1.54) is 33.5 Å². The van der Waals surface area contributed by atoms with Gasteiger partial charge in [-0.3, -0.25) is 0 Å². The molecule has 0 spiro atoms. The number of aryl methyl sites for hydroxylation is 4. The number of nitrogens with one attached hydrogen (secondary N) is 1. The van der Waals surface area contributed by atoms with E-state index in [4.69, 9.17) is 4.74 Å². The minimum atomic E-state index is 0.472. The van der Waals surface area contributed by atoms with Crippen molar-refractivity contribution in [3.05, 3.63) is 58.1 Å². The molecule has 2 rings (SSSR count). The van der Waals surface area contributed by atoms with Gasteiger partial charge in [0.05, 0.1) is 0 Å². The number of anilines is 1. The van der Waals surface area contributed by atoms with Crippen LogP contribution in [0.5, 0.6) is 5.75 Å². The van der Waals surface area contributed by atoms with Crippen LogP contribution in [-0.4, -0.2) is 13.2 Å². The molecule has 0 atom stereocenters. The number of benzene rings is 2. The molecule has 0 bridgehead atoms. The molecule has 0 aliphatic heterocycles. The molecule has 2 nitrogen and oxygen atoms in total. The molecule has 0 radical (unpaired) electrons. The van der Waals surface area contributed by atoms with Crippen molar-refractivity contribution in [1.29, 1.82) is 0 Å². The highest BCUT2D eigenvalue weighted by molar-refractivity contribution is 5.58. The van der Waals surface area contributed by atoms with Gasteiger partial charge >= 0.3 is 0 Å². The predicted molar refractivity (Wildman–Crippen MR) is 99.9 cm³/mol. The van der Waals surface area contributed by atoms with E-state index in [9.17, 15) is 0 Å². The average molecular weight is 311 g/mol. The molecule has 2 aromatic carbocycles. The Labute approximate surface area is 140 Å². The summed E-state index contributed by atoms with van der Waals surface area (Å²) in [5, 5.41) is 3.52. The summed E-state index contributed by atoms with van der Waals surface area (Å²) in [5.74, 6) is 1.49. The zero-order valence-electron chi connectivity index (χ0n) is 15.3. The first-order chi connectivity index (χ1) is 10.9. The highest BCUT2D eigenvalue weighted by Gasteiger charge is 2.08. The Bertz CT molecular complexity index is 651. The molecule has 0 aliphatic rings. The predicted octanol–water partition coefficient (Wildman–Crippen LogP) is 5.53. The lowest BCUT2D eigenvalue weighted by atomic mass is 10.0. The van der Waals surface area contributed by atoms with Gasteiger partial charge < -0.3 is 10.1 Å². The van der Waals surface area contributed by atoms with E-state index in [0.29, 0.717) is 12.5 Å². The second kappa shape index (κ2) is 7.54. The quantitative estimate of drug-likeness (QED) is 0.708. The fourth-order valence-corrected chi connectivity index (χ4v) is 3.04. The van der Waals surface area contributed by atoms with Crippen molar-refractivity contribution in [3.63, 3.8) is 0 Å². The molecule has 0 saturated carbocycles. The summed E-state index contributed by atoms with van der Waals surface area (Å²) < 4.78 is 6.04. The maximum atomic E-state index is 6.04. The van der Waals surface area contributed by atoms with E-state index >= 15 is 0 Å². The average Bonchev–Trinajstić information content (AvgIpc) is 2.45. The SMILES string of the molecule is Cc1cc(C)c(NCCOc2cc(C)ccc2C(C)C)c(C)c1. The first-order valence-electron chi connectivity index (χ1n) is 8.43. The maximum absolute atomic E-state index is 6.04.